The molecule has 0 fully saturated rings. The van der Waals surface area contributed by atoms with Crippen molar-refractivity contribution in [3.05, 3.63) is 121 Å². The van der Waals surface area contributed by atoms with E-state index in [0.717, 1.165) is 33.0 Å². The summed E-state index contributed by atoms with van der Waals surface area (Å²) in [6, 6.07) is 25.4. The lowest BCUT2D eigenvalue weighted by atomic mass is 10.1. The number of benzene rings is 3. The molecule has 1 atom stereocenters. The highest BCUT2D eigenvalue weighted by Crippen LogP contribution is 2.32. The zero-order valence-corrected chi connectivity index (χ0v) is 22.3. The Morgan fingerprint density at radius 2 is 1.58 bits per heavy atom. The molecular weight excluding hydrogens is 511 g/mol. The Balaban J connectivity index is 1.75. The first kappa shape index (κ1) is 24.4. The molecule has 2 aromatic heterocycles. The fourth-order valence-electron chi connectivity index (χ4n) is 4.30. The summed E-state index contributed by atoms with van der Waals surface area (Å²) in [6.45, 7) is 4.04. The van der Waals surface area contributed by atoms with E-state index >= 15 is 0 Å². The van der Waals surface area contributed by atoms with E-state index < -0.39 is 0 Å². The van der Waals surface area contributed by atoms with E-state index in [9.17, 15) is 4.79 Å². The molecule has 0 saturated carbocycles. The van der Waals surface area contributed by atoms with Crippen molar-refractivity contribution in [3.8, 4) is 16.9 Å². The zero-order chi connectivity index (χ0) is 25.4. The van der Waals surface area contributed by atoms with Crippen LogP contribution in [0.1, 0.15) is 24.2 Å². The first-order valence-corrected chi connectivity index (χ1v) is 13.1. The van der Waals surface area contributed by atoms with Crippen LogP contribution in [-0.2, 0) is 7.05 Å². The summed E-state index contributed by atoms with van der Waals surface area (Å²) in [6.07, 6.45) is 0. The maximum atomic E-state index is 13.5. The molecular formula is C28H24Cl2N4OS. The molecule has 5 aromatic rings. The highest BCUT2D eigenvalue weighted by atomic mass is 35.5. The Bertz CT molecular complexity index is 1660. The number of hydrogen-bond acceptors (Lipinski definition) is 3. The number of thiazole rings is 1. The van der Waals surface area contributed by atoms with Crippen LogP contribution in [0.2, 0.25) is 10.0 Å². The molecule has 5 rings (SSSR count). The van der Waals surface area contributed by atoms with E-state index in [1.54, 1.807) is 10.7 Å². The van der Waals surface area contributed by atoms with Gasteiger partial charge in [0.15, 0.2) is 10.5 Å². The van der Waals surface area contributed by atoms with Crippen LogP contribution in [0.5, 0.6) is 0 Å². The Labute approximate surface area is 223 Å². The molecule has 0 N–H and O–H groups in total. The van der Waals surface area contributed by atoms with Crippen molar-refractivity contribution < 1.29 is 0 Å². The lowest BCUT2D eigenvalue weighted by Crippen LogP contribution is -2.22. The van der Waals surface area contributed by atoms with E-state index in [0.29, 0.717) is 15.7 Å². The van der Waals surface area contributed by atoms with Gasteiger partial charge in [-0.25, -0.2) is 9.67 Å². The predicted molar refractivity (Wildman–Crippen MR) is 149 cm³/mol. The van der Waals surface area contributed by atoms with Gasteiger partial charge in [0, 0.05) is 18.0 Å². The smallest absolute Gasteiger partial charge is 0.297 e. The van der Waals surface area contributed by atoms with Crippen LogP contribution < -0.4 is 10.4 Å². The molecule has 1 unspecified atom stereocenters. The molecule has 36 heavy (non-hydrogen) atoms. The van der Waals surface area contributed by atoms with E-state index in [2.05, 4.69) is 23.6 Å². The summed E-state index contributed by atoms with van der Waals surface area (Å²) in [5.74, 6) is 0. The van der Waals surface area contributed by atoms with Gasteiger partial charge in [-0.2, -0.15) is 0 Å². The average Bonchev–Trinajstić information content (AvgIpc) is 3.41. The highest BCUT2D eigenvalue weighted by molar-refractivity contribution is 7.07. The van der Waals surface area contributed by atoms with Gasteiger partial charge >= 0.3 is 0 Å². The molecule has 182 valence electrons. The SMILES string of the molecule is Cc1c(N=c2scc(-c3ccc(Cl)c(Cl)c3)n2C(C)c2ccccc2)c(=O)n(-c2ccccc2)n1C. The second-order valence-corrected chi connectivity index (χ2v) is 10.2. The molecule has 0 amide bonds. The Morgan fingerprint density at radius 1 is 0.917 bits per heavy atom. The molecule has 2 heterocycles. The van der Waals surface area contributed by atoms with Gasteiger partial charge in [-0.1, -0.05) is 77.8 Å². The lowest BCUT2D eigenvalue weighted by Gasteiger charge is -2.18. The maximum absolute atomic E-state index is 13.5. The largest absolute Gasteiger partial charge is 0.309 e. The monoisotopic (exact) mass is 534 g/mol. The molecule has 5 nitrogen and oxygen atoms in total. The summed E-state index contributed by atoms with van der Waals surface area (Å²) in [5, 5.41) is 3.04. The third kappa shape index (κ3) is 4.37. The molecule has 0 aliphatic carbocycles. The topological polar surface area (TPSA) is 44.2 Å². The van der Waals surface area contributed by atoms with Gasteiger partial charge in [-0.15, -0.1) is 11.3 Å². The standard InChI is InChI=1S/C28H24Cl2N4OS/c1-18(20-10-6-4-7-11-20)33-25(21-14-15-23(29)24(30)16-21)17-36-28(33)31-26-19(2)32(3)34(27(26)35)22-12-8-5-9-13-22/h4-18H,1-3H3. The number of halogens is 2. The van der Waals surface area contributed by atoms with E-state index in [-0.39, 0.29) is 11.6 Å². The average molecular weight is 536 g/mol. The normalized spacial score (nSPS) is 12.8. The number of aromatic nitrogens is 3. The fraction of sp³-hybridized carbons (Fsp3) is 0.143. The maximum Gasteiger partial charge on any atom is 0.297 e. The third-order valence-electron chi connectivity index (χ3n) is 6.36. The quantitative estimate of drug-likeness (QED) is 0.236. The Kier molecular flexibility index (Phi) is 6.75. The lowest BCUT2D eigenvalue weighted by molar-refractivity contribution is 0.628. The van der Waals surface area contributed by atoms with Crippen LogP contribution in [0.25, 0.3) is 16.9 Å². The molecule has 0 radical (unpaired) electrons. The van der Waals surface area contributed by atoms with Gasteiger partial charge < -0.3 is 4.57 Å². The number of rotatable bonds is 5. The Hall–Kier alpha value is -3.32. The van der Waals surface area contributed by atoms with Crippen LogP contribution in [-0.4, -0.2) is 13.9 Å². The van der Waals surface area contributed by atoms with Crippen LogP contribution in [0.15, 0.2) is 94.0 Å². The number of para-hydroxylation sites is 1. The van der Waals surface area contributed by atoms with Crippen LogP contribution in [0, 0.1) is 6.92 Å². The summed E-state index contributed by atoms with van der Waals surface area (Å²) in [7, 11) is 1.87. The van der Waals surface area contributed by atoms with E-state index in [1.165, 1.54) is 11.3 Å². The van der Waals surface area contributed by atoms with Crippen molar-refractivity contribution in [3.63, 3.8) is 0 Å². The summed E-state index contributed by atoms with van der Waals surface area (Å²) in [5.41, 5.74) is 4.84. The van der Waals surface area contributed by atoms with Crippen molar-refractivity contribution in [2.75, 3.05) is 0 Å². The van der Waals surface area contributed by atoms with Crippen molar-refractivity contribution >= 4 is 40.2 Å². The fourth-order valence-corrected chi connectivity index (χ4v) is 5.58. The zero-order valence-electron chi connectivity index (χ0n) is 20.0. The molecule has 0 saturated heterocycles. The molecule has 0 spiro atoms. The van der Waals surface area contributed by atoms with Crippen LogP contribution in [0.3, 0.4) is 0 Å². The van der Waals surface area contributed by atoms with Gasteiger partial charge in [-0.05, 0) is 43.7 Å². The Morgan fingerprint density at radius 3 is 2.25 bits per heavy atom. The molecule has 0 aliphatic heterocycles. The summed E-state index contributed by atoms with van der Waals surface area (Å²) < 4.78 is 5.64. The van der Waals surface area contributed by atoms with Crippen molar-refractivity contribution in [2.45, 2.75) is 19.9 Å². The summed E-state index contributed by atoms with van der Waals surface area (Å²) >= 11 is 14.0. The van der Waals surface area contributed by atoms with Gasteiger partial charge in [0.2, 0.25) is 0 Å². The molecule has 3 aromatic carbocycles. The van der Waals surface area contributed by atoms with Crippen LogP contribution >= 0.6 is 34.5 Å². The van der Waals surface area contributed by atoms with Gasteiger partial charge in [0.1, 0.15) is 0 Å². The van der Waals surface area contributed by atoms with Gasteiger partial charge in [0.25, 0.3) is 5.56 Å². The van der Waals surface area contributed by atoms with Crippen molar-refractivity contribution in [1.29, 1.82) is 0 Å². The van der Waals surface area contributed by atoms with Gasteiger partial charge in [-0.3, -0.25) is 9.48 Å². The third-order valence-corrected chi connectivity index (χ3v) is 7.94. The second kappa shape index (κ2) is 9.97. The van der Waals surface area contributed by atoms with Crippen LogP contribution in [0.4, 0.5) is 5.69 Å². The highest BCUT2D eigenvalue weighted by Gasteiger charge is 2.19. The molecule has 0 bridgehead atoms. The molecule has 0 aliphatic rings. The molecule has 8 heteroatoms. The predicted octanol–water partition coefficient (Wildman–Crippen LogP) is 7.16. The number of hydrogen-bond donors (Lipinski definition) is 0. The van der Waals surface area contributed by atoms with E-state index in [1.807, 2.05) is 84.7 Å². The van der Waals surface area contributed by atoms with E-state index in [4.69, 9.17) is 28.2 Å². The minimum absolute atomic E-state index is 0.0407. The minimum atomic E-state index is -0.162. The first-order chi connectivity index (χ1) is 17.4. The second-order valence-electron chi connectivity index (χ2n) is 8.51. The minimum Gasteiger partial charge on any atom is -0.309 e. The van der Waals surface area contributed by atoms with Gasteiger partial charge in [0.05, 0.1) is 33.2 Å². The van der Waals surface area contributed by atoms with Crippen molar-refractivity contribution in [2.24, 2.45) is 12.0 Å². The number of nitrogens with zero attached hydrogens (tertiary/aromatic N) is 4. The first-order valence-electron chi connectivity index (χ1n) is 11.5. The van der Waals surface area contributed by atoms with Crippen molar-refractivity contribution in [1.82, 2.24) is 13.9 Å². The summed E-state index contributed by atoms with van der Waals surface area (Å²) in [4.78, 5) is 19.2.